The highest BCUT2D eigenvalue weighted by Gasteiger charge is 2.11. The molecule has 0 saturated carbocycles. The zero-order chi connectivity index (χ0) is 12.8. The molecule has 2 heterocycles. The average Bonchev–Trinajstić information content (AvgIpc) is 2.96. The first-order valence-electron chi connectivity index (χ1n) is 7.10. The molecule has 1 aromatic heterocycles. The molecule has 1 N–H and O–H groups in total. The minimum absolute atomic E-state index is 0.707. The Bertz CT molecular complexity index is 343. The highest BCUT2D eigenvalue weighted by Crippen LogP contribution is 2.13. The van der Waals surface area contributed by atoms with Crippen molar-refractivity contribution >= 4 is 11.3 Å². The lowest BCUT2D eigenvalue weighted by Gasteiger charge is -2.12. The molecule has 0 aliphatic carbocycles. The molecule has 1 fully saturated rings. The maximum atomic E-state index is 4.70. The van der Waals surface area contributed by atoms with E-state index in [-0.39, 0.29) is 0 Å². The smallest absolute Gasteiger partial charge is 0.0941 e. The van der Waals surface area contributed by atoms with Crippen molar-refractivity contribution < 1.29 is 0 Å². The highest BCUT2D eigenvalue weighted by atomic mass is 32.1. The SMILES string of the molecule is CC(C)CNCc1csc(CCN2CCCC2)n1. The van der Waals surface area contributed by atoms with Crippen LogP contribution >= 0.6 is 11.3 Å². The predicted octanol–water partition coefficient (Wildman–Crippen LogP) is 2.53. The second-order valence-electron chi connectivity index (χ2n) is 5.56. The van der Waals surface area contributed by atoms with Crippen LogP contribution in [0, 0.1) is 5.92 Å². The number of likely N-dealkylation sites (tertiary alicyclic amines) is 1. The van der Waals surface area contributed by atoms with E-state index >= 15 is 0 Å². The van der Waals surface area contributed by atoms with Crippen molar-refractivity contribution in [1.82, 2.24) is 15.2 Å². The molecular weight excluding hydrogens is 242 g/mol. The van der Waals surface area contributed by atoms with E-state index in [1.165, 1.54) is 43.2 Å². The average molecular weight is 267 g/mol. The summed E-state index contributed by atoms with van der Waals surface area (Å²) in [5.41, 5.74) is 1.21. The van der Waals surface area contributed by atoms with E-state index in [1.54, 1.807) is 0 Å². The van der Waals surface area contributed by atoms with Gasteiger partial charge < -0.3 is 10.2 Å². The summed E-state index contributed by atoms with van der Waals surface area (Å²) < 4.78 is 0. The Balaban J connectivity index is 1.68. The normalized spacial score (nSPS) is 16.8. The van der Waals surface area contributed by atoms with Gasteiger partial charge in [-0.2, -0.15) is 0 Å². The van der Waals surface area contributed by atoms with E-state index in [2.05, 4.69) is 29.4 Å². The second kappa shape index (κ2) is 7.22. The van der Waals surface area contributed by atoms with Crippen molar-refractivity contribution in [2.45, 2.75) is 39.7 Å². The number of hydrogen-bond donors (Lipinski definition) is 1. The van der Waals surface area contributed by atoms with Gasteiger partial charge in [0.2, 0.25) is 0 Å². The molecular formula is C14H25N3S. The molecule has 3 nitrogen and oxygen atoms in total. The van der Waals surface area contributed by atoms with Crippen molar-refractivity contribution in [2.75, 3.05) is 26.2 Å². The first-order chi connectivity index (χ1) is 8.74. The van der Waals surface area contributed by atoms with Crippen LogP contribution in [0.5, 0.6) is 0 Å². The third-order valence-electron chi connectivity index (χ3n) is 3.30. The molecule has 0 unspecified atom stereocenters. The van der Waals surface area contributed by atoms with E-state index in [9.17, 15) is 0 Å². The van der Waals surface area contributed by atoms with Crippen molar-refractivity contribution in [3.05, 3.63) is 16.1 Å². The first-order valence-corrected chi connectivity index (χ1v) is 7.98. The first kappa shape index (κ1) is 14.0. The topological polar surface area (TPSA) is 28.2 Å². The second-order valence-corrected chi connectivity index (χ2v) is 6.50. The van der Waals surface area contributed by atoms with E-state index < -0.39 is 0 Å². The van der Waals surface area contributed by atoms with Crippen LogP contribution in [0.3, 0.4) is 0 Å². The lowest BCUT2D eigenvalue weighted by atomic mass is 10.2. The molecule has 1 aliphatic heterocycles. The van der Waals surface area contributed by atoms with Gasteiger partial charge in [0.05, 0.1) is 10.7 Å². The molecule has 2 rings (SSSR count). The molecule has 1 aromatic rings. The van der Waals surface area contributed by atoms with Crippen LogP contribution in [0.1, 0.15) is 37.4 Å². The van der Waals surface area contributed by atoms with Gasteiger partial charge in [0.1, 0.15) is 0 Å². The van der Waals surface area contributed by atoms with Crippen LogP contribution in [0.2, 0.25) is 0 Å². The number of nitrogens with one attached hydrogen (secondary N) is 1. The van der Waals surface area contributed by atoms with Gasteiger partial charge >= 0.3 is 0 Å². The maximum Gasteiger partial charge on any atom is 0.0941 e. The van der Waals surface area contributed by atoms with E-state index in [0.29, 0.717) is 5.92 Å². The molecule has 0 atom stereocenters. The Hall–Kier alpha value is -0.450. The lowest BCUT2D eigenvalue weighted by molar-refractivity contribution is 0.343. The monoisotopic (exact) mass is 267 g/mol. The zero-order valence-electron chi connectivity index (χ0n) is 11.6. The van der Waals surface area contributed by atoms with Crippen LogP contribution in [-0.2, 0) is 13.0 Å². The van der Waals surface area contributed by atoms with Crippen LogP contribution in [0.4, 0.5) is 0 Å². The van der Waals surface area contributed by atoms with E-state index in [1.807, 2.05) is 11.3 Å². The van der Waals surface area contributed by atoms with Crippen LogP contribution in [0.25, 0.3) is 0 Å². The summed E-state index contributed by atoms with van der Waals surface area (Å²) in [5, 5.41) is 6.94. The third-order valence-corrected chi connectivity index (χ3v) is 4.26. The van der Waals surface area contributed by atoms with Gasteiger partial charge in [-0.3, -0.25) is 0 Å². The summed E-state index contributed by atoms with van der Waals surface area (Å²) in [5.74, 6) is 0.707. The lowest BCUT2D eigenvalue weighted by Crippen LogP contribution is -2.22. The Kier molecular flexibility index (Phi) is 5.60. The van der Waals surface area contributed by atoms with Crippen molar-refractivity contribution in [3.8, 4) is 0 Å². The third kappa shape index (κ3) is 4.67. The Morgan fingerprint density at radius 1 is 1.39 bits per heavy atom. The van der Waals surface area contributed by atoms with Crippen LogP contribution in [0.15, 0.2) is 5.38 Å². The van der Waals surface area contributed by atoms with E-state index in [0.717, 1.165) is 19.5 Å². The highest BCUT2D eigenvalue weighted by molar-refractivity contribution is 7.09. The minimum Gasteiger partial charge on any atom is -0.311 e. The largest absolute Gasteiger partial charge is 0.311 e. The standard InChI is InChI=1S/C14H25N3S/c1-12(2)9-15-10-13-11-18-14(16-13)5-8-17-6-3-4-7-17/h11-12,15H,3-10H2,1-2H3. The summed E-state index contributed by atoms with van der Waals surface area (Å²) in [4.78, 5) is 7.25. The molecule has 0 bridgehead atoms. The molecule has 0 radical (unpaired) electrons. The van der Waals surface area contributed by atoms with Gasteiger partial charge in [0.25, 0.3) is 0 Å². The summed E-state index contributed by atoms with van der Waals surface area (Å²) in [7, 11) is 0. The molecule has 0 amide bonds. The van der Waals surface area contributed by atoms with Gasteiger partial charge in [0, 0.05) is 24.9 Å². The summed E-state index contributed by atoms with van der Waals surface area (Å²) in [6.45, 7) is 10.2. The molecule has 18 heavy (non-hydrogen) atoms. The quantitative estimate of drug-likeness (QED) is 0.823. The van der Waals surface area contributed by atoms with E-state index in [4.69, 9.17) is 4.98 Å². The van der Waals surface area contributed by atoms with Gasteiger partial charge in [-0.05, 0) is 38.4 Å². The molecule has 1 aliphatic rings. The Morgan fingerprint density at radius 3 is 2.89 bits per heavy atom. The number of nitrogens with zero attached hydrogens (tertiary/aromatic N) is 2. The van der Waals surface area contributed by atoms with Gasteiger partial charge in [-0.25, -0.2) is 4.98 Å². The van der Waals surface area contributed by atoms with Crippen molar-refractivity contribution in [3.63, 3.8) is 0 Å². The number of rotatable bonds is 7. The van der Waals surface area contributed by atoms with Crippen molar-refractivity contribution in [1.29, 1.82) is 0 Å². The fraction of sp³-hybridized carbons (Fsp3) is 0.786. The number of hydrogen-bond acceptors (Lipinski definition) is 4. The number of thiazole rings is 1. The number of aromatic nitrogens is 1. The van der Waals surface area contributed by atoms with Crippen molar-refractivity contribution in [2.24, 2.45) is 5.92 Å². The van der Waals surface area contributed by atoms with Crippen LogP contribution in [-0.4, -0.2) is 36.1 Å². The maximum absolute atomic E-state index is 4.70. The fourth-order valence-corrected chi connectivity index (χ4v) is 3.08. The van der Waals surface area contributed by atoms with Gasteiger partial charge in [-0.1, -0.05) is 13.8 Å². The Labute approximate surface area is 115 Å². The zero-order valence-corrected chi connectivity index (χ0v) is 12.4. The summed E-state index contributed by atoms with van der Waals surface area (Å²) in [6.07, 6.45) is 3.87. The van der Waals surface area contributed by atoms with Crippen LogP contribution < -0.4 is 5.32 Å². The summed E-state index contributed by atoms with van der Waals surface area (Å²) >= 11 is 1.81. The molecule has 4 heteroatoms. The molecule has 102 valence electrons. The molecule has 0 spiro atoms. The molecule has 0 aromatic carbocycles. The Morgan fingerprint density at radius 2 is 2.17 bits per heavy atom. The molecule has 1 saturated heterocycles. The fourth-order valence-electron chi connectivity index (χ4n) is 2.29. The minimum atomic E-state index is 0.707. The van der Waals surface area contributed by atoms with Gasteiger partial charge in [-0.15, -0.1) is 11.3 Å². The van der Waals surface area contributed by atoms with Gasteiger partial charge in [0.15, 0.2) is 0 Å². The summed E-state index contributed by atoms with van der Waals surface area (Å²) in [6, 6.07) is 0. The predicted molar refractivity (Wildman–Crippen MR) is 78.0 cm³/mol.